The van der Waals surface area contributed by atoms with Crippen LogP contribution in [0.3, 0.4) is 0 Å². The molecule has 22 heavy (non-hydrogen) atoms. The number of primary amides is 1. The third-order valence-electron chi connectivity index (χ3n) is 2.92. The molecule has 0 saturated heterocycles. The number of hydrogen-bond acceptors (Lipinski definition) is 3. The normalized spacial score (nSPS) is 11.7. The summed E-state index contributed by atoms with van der Waals surface area (Å²) in [5, 5.41) is 3.24. The molecule has 0 heterocycles. The monoisotopic (exact) mass is 334 g/mol. The van der Waals surface area contributed by atoms with Crippen molar-refractivity contribution in [3.8, 4) is 0 Å². The van der Waals surface area contributed by atoms with Gasteiger partial charge < -0.3 is 11.1 Å². The van der Waals surface area contributed by atoms with Crippen LogP contribution in [0.4, 0.5) is 0 Å². The maximum absolute atomic E-state index is 12.0. The predicted octanol–water partition coefficient (Wildman–Crippen LogP) is 2.77. The number of rotatable bonds is 6. The number of nitrogens with one attached hydrogen (secondary N) is 1. The second-order valence-corrected chi connectivity index (χ2v) is 5.96. The molecule has 2 aromatic carbocycles. The van der Waals surface area contributed by atoms with Crippen LogP contribution in [0.5, 0.6) is 0 Å². The van der Waals surface area contributed by atoms with Gasteiger partial charge in [0.15, 0.2) is 0 Å². The van der Waals surface area contributed by atoms with Gasteiger partial charge in [-0.3, -0.25) is 9.59 Å². The number of carbonyl (C=O) groups is 2. The summed E-state index contributed by atoms with van der Waals surface area (Å²) in [4.78, 5) is 24.4. The smallest absolute Gasteiger partial charge is 0.244 e. The molecule has 6 heteroatoms. The molecule has 2 amide bonds. The van der Waals surface area contributed by atoms with Gasteiger partial charge in [0.1, 0.15) is 6.04 Å². The van der Waals surface area contributed by atoms with E-state index in [2.05, 4.69) is 5.32 Å². The van der Waals surface area contributed by atoms with Crippen LogP contribution in [0.25, 0.3) is 0 Å². The van der Waals surface area contributed by atoms with E-state index in [1.54, 1.807) is 30.3 Å². The van der Waals surface area contributed by atoms with E-state index in [4.69, 9.17) is 17.3 Å². The van der Waals surface area contributed by atoms with Crippen LogP contribution in [0.2, 0.25) is 5.02 Å². The molecule has 1 atom stereocenters. The summed E-state index contributed by atoms with van der Waals surface area (Å²) < 4.78 is 0. The lowest BCUT2D eigenvalue weighted by atomic mass is 10.1. The van der Waals surface area contributed by atoms with Gasteiger partial charge in [0, 0.05) is 4.90 Å². The summed E-state index contributed by atoms with van der Waals surface area (Å²) >= 11 is 7.34. The number of amides is 2. The Hall–Kier alpha value is -1.98. The van der Waals surface area contributed by atoms with Crippen molar-refractivity contribution in [1.29, 1.82) is 0 Å². The average Bonchev–Trinajstić information content (AvgIpc) is 2.52. The van der Waals surface area contributed by atoms with Crippen LogP contribution in [0.1, 0.15) is 11.6 Å². The largest absolute Gasteiger partial charge is 0.368 e. The van der Waals surface area contributed by atoms with E-state index in [1.807, 2.05) is 24.3 Å². The summed E-state index contributed by atoms with van der Waals surface area (Å²) in [6.07, 6.45) is 0. The average molecular weight is 335 g/mol. The van der Waals surface area contributed by atoms with E-state index in [9.17, 15) is 9.59 Å². The van der Waals surface area contributed by atoms with Crippen LogP contribution in [-0.4, -0.2) is 17.6 Å². The van der Waals surface area contributed by atoms with Gasteiger partial charge in [-0.05, 0) is 17.7 Å². The first-order chi connectivity index (χ1) is 10.6. The Bertz CT molecular complexity index is 664. The third kappa shape index (κ3) is 4.51. The number of hydrogen-bond donors (Lipinski definition) is 2. The second-order valence-electron chi connectivity index (χ2n) is 4.53. The van der Waals surface area contributed by atoms with E-state index in [0.717, 1.165) is 4.90 Å². The van der Waals surface area contributed by atoms with E-state index in [-0.39, 0.29) is 11.7 Å². The van der Waals surface area contributed by atoms with E-state index in [1.165, 1.54) is 11.8 Å². The van der Waals surface area contributed by atoms with Gasteiger partial charge in [0.25, 0.3) is 0 Å². The van der Waals surface area contributed by atoms with Crippen molar-refractivity contribution in [2.24, 2.45) is 5.73 Å². The highest BCUT2D eigenvalue weighted by Gasteiger charge is 2.20. The Morgan fingerprint density at radius 1 is 1.09 bits per heavy atom. The van der Waals surface area contributed by atoms with Crippen molar-refractivity contribution in [1.82, 2.24) is 5.32 Å². The zero-order valence-electron chi connectivity index (χ0n) is 11.7. The first-order valence-electron chi connectivity index (χ1n) is 6.59. The molecule has 114 valence electrons. The minimum Gasteiger partial charge on any atom is -0.368 e. The van der Waals surface area contributed by atoms with Gasteiger partial charge in [-0.1, -0.05) is 54.1 Å². The number of benzene rings is 2. The molecule has 0 bridgehead atoms. The summed E-state index contributed by atoms with van der Waals surface area (Å²) in [5.74, 6) is -0.722. The SMILES string of the molecule is NC(=O)C(NC(=O)CSc1ccccc1Cl)c1ccccc1. The van der Waals surface area contributed by atoms with Crippen LogP contribution < -0.4 is 11.1 Å². The zero-order chi connectivity index (χ0) is 15.9. The van der Waals surface area contributed by atoms with Gasteiger partial charge in [0.2, 0.25) is 11.8 Å². The highest BCUT2D eigenvalue weighted by Crippen LogP contribution is 2.26. The molecule has 0 aliphatic rings. The van der Waals surface area contributed by atoms with Gasteiger partial charge >= 0.3 is 0 Å². The Morgan fingerprint density at radius 3 is 2.36 bits per heavy atom. The zero-order valence-corrected chi connectivity index (χ0v) is 13.2. The standard InChI is InChI=1S/C16H15ClN2O2S/c17-12-8-4-5-9-13(12)22-10-14(20)19-15(16(18)21)11-6-2-1-3-7-11/h1-9,15H,10H2,(H2,18,21)(H,19,20). The highest BCUT2D eigenvalue weighted by molar-refractivity contribution is 8.00. The number of carbonyl (C=O) groups excluding carboxylic acids is 2. The molecular formula is C16H15ClN2O2S. The molecule has 2 rings (SSSR count). The molecule has 0 radical (unpaired) electrons. The van der Waals surface area contributed by atoms with Gasteiger partial charge in [-0.2, -0.15) is 0 Å². The molecule has 3 N–H and O–H groups in total. The minimum atomic E-state index is -0.833. The van der Waals surface area contributed by atoms with E-state index >= 15 is 0 Å². The Labute approximate surface area is 138 Å². The third-order valence-corrected chi connectivity index (χ3v) is 4.43. The fourth-order valence-corrected chi connectivity index (χ4v) is 2.92. The molecule has 0 spiro atoms. The van der Waals surface area contributed by atoms with Gasteiger partial charge in [-0.15, -0.1) is 11.8 Å². The van der Waals surface area contributed by atoms with Gasteiger partial charge in [-0.25, -0.2) is 0 Å². The molecule has 0 fully saturated rings. The fourth-order valence-electron chi connectivity index (χ4n) is 1.87. The number of thioether (sulfide) groups is 1. The minimum absolute atomic E-state index is 0.153. The van der Waals surface area contributed by atoms with Crippen molar-refractivity contribution in [2.75, 3.05) is 5.75 Å². The fraction of sp³-hybridized carbons (Fsp3) is 0.125. The summed E-state index contributed by atoms with van der Waals surface area (Å²) in [5.41, 5.74) is 6.03. The molecule has 0 aromatic heterocycles. The summed E-state index contributed by atoms with van der Waals surface area (Å²) in [7, 11) is 0. The molecule has 1 unspecified atom stereocenters. The lowest BCUT2D eigenvalue weighted by molar-refractivity contribution is -0.126. The molecule has 4 nitrogen and oxygen atoms in total. The van der Waals surface area contributed by atoms with E-state index < -0.39 is 11.9 Å². The van der Waals surface area contributed by atoms with Crippen LogP contribution in [0.15, 0.2) is 59.5 Å². The second kappa shape index (κ2) is 7.87. The van der Waals surface area contributed by atoms with Crippen molar-refractivity contribution in [2.45, 2.75) is 10.9 Å². The van der Waals surface area contributed by atoms with Crippen molar-refractivity contribution < 1.29 is 9.59 Å². The van der Waals surface area contributed by atoms with Gasteiger partial charge in [0.05, 0.1) is 10.8 Å². The van der Waals surface area contributed by atoms with Crippen molar-refractivity contribution in [3.63, 3.8) is 0 Å². The lowest BCUT2D eigenvalue weighted by Gasteiger charge is -2.15. The topological polar surface area (TPSA) is 72.2 Å². The first-order valence-corrected chi connectivity index (χ1v) is 7.95. The lowest BCUT2D eigenvalue weighted by Crippen LogP contribution is -2.38. The molecule has 0 aliphatic carbocycles. The quantitative estimate of drug-likeness (QED) is 0.798. The summed E-state index contributed by atoms with van der Waals surface area (Å²) in [6, 6.07) is 15.3. The van der Waals surface area contributed by atoms with Crippen LogP contribution in [0, 0.1) is 0 Å². The van der Waals surface area contributed by atoms with Crippen molar-refractivity contribution >= 4 is 35.2 Å². The Balaban J connectivity index is 1.98. The molecule has 2 aromatic rings. The van der Waals surface area contributed by atoms with Crippen molar-refractivity contribution in [3.05, 3.63) is 65.2 Å². The maximum atomic E-state index is 12.0. The molecule has 0 saturated carbocycles. The Kier molecular flexibility index (Phi) is 5.86. The predicted molar refractivity (Wildman–Crippen MR) is 88.7 cm³/mol. The number of nitrogens with two attached hydrogens (primary N) is 1. The van der Waals surface area contributed by atoms with Crippen LogP contribution >= 0.6 is 23.4 Å². The molecular weight excluding hydrogens is 320 g/mol. The summed E-state index contributed by atoms with van der Waals surface area (Å²) in [6.45, 7) is 0. The maximum Gasteiger partial charge on any atom is 0.244 e. The molecule has 0 aliphatic heterocycles. The first kappa shape index (κ1) is 16.4. The Morgan fingerprint density at radius 2 is 1.73 bits per heavy atom. The van der Waals surface area contributed by atoms with Crippen LogP contribution in [-0.2, 0) is 9.59 Å². The highest BCUT2D eigenvalue weighted by atomic mass is 35.5. The number of halogens is 1. The van der Waals surface area contributed by atoms with E-state index in [0.29, 0.717) is 10.6 Å².